The Kier molecular flexibility index (Phi) is 3.44. The molecule has 1 atom stereocenters. The van der Waals surface area contributed by atoms with Crippen LogP contribution in [-0.2, 0) is 0 Å². The smallest absolute Gasteiger partial charge is 0.128 e. The third kappa shape index (κ3) is 2.28. The lowest BCUT2D eigenvalue weighted by Gasteiger charge is -2.07. The molecule has 1 nitrogen and oxygen atoms in total. The topological polar surface area (TPSA) is 23.8 Å². The molecule has 68 valence electrons. The summed E-state index contributed by atoms with van der Waals surface area (Å²) in [7, 11) is 0. The molecule has 0 radical (unpaired) electrons. The Balaban J connectivity index is 3.09. The summed E-state index contributed by atoms with van der Waals surface area (Å²) in [5.41, 5.74) is 0.480. The zero-order valence-electron chi connectivity index (χ0n) is 7.22. The van der Waals surface area contributed by atoms with Crippen molar-refractivity contribution in [2.75, 3.05) is 0 Å². The molecule has 3 heteroatoms. The van der Waals surface area contributed by atoms with E-state index in [1.165, 1.54) is 6.07 Å². The van der Waals surface area contributed by atoms with E-state index in [0.29, 0.717) is 16.5 Å². The third-order valence-corrected chi connectivity index (χ3v) is 2.40. The first-order valence-corrected chi connectivity index (χ1v) is 4.83. The van der Waals surface area contributed by atoms with Gasteiger partial charge in [-0.3, -0.25) is 0 Å². The van der Waals surface area contributed by atoms with Gasteiger partial charge >= 0.3 is 0 Å². The first-order valence-electron chi connectivity index (χ1n) is 4.03. The predicted molar refractivity (Wildman–Crippen MR) is 52.7 cm³/mol. The molecule has 0 aromatic heterocycles. The summed E-state index contributed by atoms with van der Waals surface area (Å²) >= 11 is 3.17. The summed E-state index contributed by atoms with van der Waals surface area (Å²) in [6.45, 7) is 1.87. The van der Waals surface area contributed by atoms with Gasteiger partial charge in [0.2, 0.25) is 0 Å². The normalized spacial score (nSPS) is 12.2. The number of benzene rings is 1. The molecule has 0 spiro atoms. The lowest BCUT2D eigenvalue weighted by atomic mass is 9.98. The zero-order chi connectivity index (χ0) is 9.84. The lowest BCUT2D eigenvalue weighted by molar-refractivity contribution is 0.597. The highest BCUT2D eigenvalue weighted by Gasteiger charge is 2.12. The summed E-state index contributed by atoms with van der Waals surface area (Å²) in [6.07, 6.45) is 0.634. The standard InChI is InChI=1S/C10H9BrFN/c1-2-7(6-13)9-4-3-8(11)5-10(9)12/h3-5,7H,2H2,1H3. The Morgan fingerprint density at radius 3 is 2.77 bits per heavy atom. The Morgan fingerprint density at radius 2 is 2.31 bits per heavy atom. The molecule has 0 aliphatic carbocycles. The third-order valence-electron chi connectivity index (χ3n) is 1.90. The summed E-state index contributed by atoms with van der Waals surface area (Å²) in [5.74, 6) is -0.657. The van der Waals surface area contributed by atoms with E-state index in [1.54, 1.807) is 12.1 Å². The molecule has 1 rings (SSSR count). The van der Waals surface area contributed by atoms with E-state index in [9.17, 15) is 4.39 Å². The maximum atomic E-state index is 13.3. The number of hydrogen-bond acceptors (Lipinski definition) is 1. The van der Waals surface area contributed by atoms with Crippen LogP contribution in [0.1, 0.15) is 24.8 Å². The van der Waals surface area contributed by atoms with Crippen LogP contribution in [0.15, 0.2) is 22.7 Å². The average Bonchev–Trinajstić information content (AvgIpc) is 2.10. The van der Waals surface area contributed by atoms with Gasteiger partial charge in [0.05, 0.1) is 12.0 Å². The van der Waals surface area contributed by atoms with Crippen molar-refractivity contribution in [2.24, 2.45) is 0 Å². The maximum Gasteiger partial charge on any atom is 0.128 e. The van der Waals surface area contributed by atoms with Crippen molar-refractivity contribution in [1.82, 2.24) is 0 Å². The van der Waals surface area contributed by atoms with Gasteiger partial charge in [0.1, 0.15) is 5.82 Å². The van der Waals surface area contributed by atoms with E-state index in [2.05, 4.69) is 22.0 Å². The molecule has 0 heterocycles. The van der Waals surface area contributed by atoms with Crippen molar-refractivity contribution in [2.45, 2.75) is 19.3 Å². The first-order chi connectivity index (χ1) is 6.19. The fourth-order valence-electron chi connectivity index (χ4n) is 1.16. The highest BCUT2D eigenvalue weighted by molar-refractivity contribution is 9.10. The van der Waals surface area contributed by atoms with Crippen LogP contribution in [0.2, 0.25) is 0 Å². The van der Waals surface area contributed by atoms with E-state index in [1.807, 2.05) is 6.92 Å². The molecule has 13 heavy (non-hydrogen) atoms. The van der Waals surface area contributed by atoms with Crippen molar-refractivity contribution < 1.29 is 4.39 Å². The van der Waals surface area contributed by atoms with Crippen molar-refractivity contribution in [3.8, 4) is 6.07 Å². The van der Waals surface area contributed by atoms with Gasteiger partial charge in [0.15, 0.2) is 0 Å². The van der Waals surface area contributed by atoms with Crippen LogP contribution in [0.3, 0.4) is 0 Å². The van der Waals surface area contributed by atoms with Crippen LogP contribution < -0.4 is 0 Å². The second kappa shape index (κ2) is 4.38. The van der Waals surface area contributed by atoms with Crippen molar-refractivity contribution >= 4 is 15.9 Å². The molecule has 0 saturated heterocycles. The molecule has 0 amide bonds. The fourth-order valence-corrected chi connectivity index (χ4v) is 1.50. The monoisotopic (exact) mass is 241 g/mol. The lowest BCUT2D eigenvalue weighted by Crippen LogP contribution is -1.97. The Hall–Kier alpha value is -0.880. The van der Waals surface area contributed by atoms with E-state index < -0.39 is 0 Å². The molecule has 0 saturated carbocycles. The van der Waals surface area contributed by atoms with Crippen LogP contribution in [0, 0.1) is 17.1 Å². The van der Waals surface area contributed by atoms with Gasteiger partial charge in [-0.1, -0.05) is 28.9 Å². The van der Waals surface area contributed by atoms with Gasteiger partial charge in [-0.15, -0.1) is 0 Å². The van der Waals surface area contributed by atoms with E-state index >= 15 is 0 Å². The van der Waals surface area contributed by atoms with Gasteiger partial charge in [0, 0.05) is 10.0 Å². The predicted octanol–water partition coefficient (Wildman–Crippen LogP) is 3.61. The summed E-state index contributed by atoms with van der Waals surface area (Å²) in [5, 5.41) is 8.74. The minimum absolute atomic E-state index is 0.317. The number of nitrogens with zero attached hydrogens (tertiary/aromatic N) is 1. The number of nitriles is 1. The second-order valence-electron chi connectivity index (χ2n) is 2.76. The van der Waals surface area contributed by atoms with Gasteiger partial charge in [-0.05, 0) is 18.6 Å². The maximum absolute atomic E-state index is 13.3. The van der Waals surface area contributed by atoms with Crippen LogP contribution in [-0.4, -0.2) is 0 Å². The molecule has 1 aromatic carbocycles. The van der Waals surface area contributed by atoms with Crippen LogP contribution in [0.5, 0.6) is 0 Å². The van der Waals surface area contributed by atoms with Crippen LogP contribution in [0.4, 0.5) is 4.39 Å². The molecule has 1 unspecified atom stereocenters. The molecule has 0 fully saturated rings. The van der Waals surface area contributed by atoms with Gasteiger partial charge in [-0.25, -0.2) is 4.39 Å². The highest BCUT2D eigenvalue weighted by Crippen LogP contribution is 2.24. The van der Waals surface area contributed by atoms with Crippen LogP contribution in [0.25, 0.3) is 0 Å². The Bertz CT molecular complexity index is 343. The summed E-state index contributed by atoms with van der Waals surface area (Å²) in [4.78, 5) is 0. The number of rotatable bonds is 2. The van der Waals surface area contributed by atoms with Crippen molar-refractivity contribution in [1.29, 1.82) is 5.26 Å². The Labute approximate surface area is 85.3 Å². The minimum atomic E-state index is -0.340. The minimum Gasteiger partial charge on any atom is -0.207 e. The molecule has 0 N–H and O–H groups in total. The zero-order valence-corrected chi connectivity index (χ0v) is 8.81. The molecular formula is C10H9BrFN. The average molecular weight is 242 g/mol. The molecule has 0 aliphatic rings. The largest absolute Gasteiger partial charge is 0.207 e. The van der Waals surface area contributed by atoms with Gasteiger partial charge < -0.3 is 0 Å². The summed E-state index contributed by atoms with van der Waals surface area (Å²) in [6, 6.07) is 6.86. The highest BCUT2D eigenvalue weighted by atomic mass is 79.9. The molecule has 1 aromatic rings. The number of hydrogen-bond donors (Lipinski definition) is 0. The van der Waals surface area contributed by atoms with Crippen LogP contribution >= 0.6 is 15.9 Å². The second-order valence-corrected chi connectivity index (χ2v) is 3.67. The van der Waals surface area contributed by atoms with Crippen molar-refractivity contribution in [3.05, 3.63) is 34.1 Å². The Morgan fingerprint density at radius 1 is 1.62 bits per heavy atom. The molecular weight excluding hydrogens is 233 g/mol. The van der Waals surface area contributed by atoms with E-state index in [-0.39, 0.29) is 11.7 Å². The van der Waals surface area contributed by atoms with E-state index in [4.69, 9.17) is 5.26 Å². The molecule has 0 bridgehead atoms. The first kappa shape index (κ1) is 10.2. The van der Waals surface area contributed by atoms with E-state index in [0.717, 1.165) is 0 Å². The SMILES string of the molecule is CCC(C#N)c1ccc(Br)cc1F. The fraction of sp³-hybridized carbons (Fsp3) is 0.300. The quantitative estimate of drug-likeness (QED) is 0.777. The summed E-state index contributed by atoms with van der Waals surface area (Å²) < 4.78 is 14.0. The molecule has 0 aliphatic heterocycles. The van der Waals surface area contributed by atoms with Gasteiger partial charge in [0.25, 0.3) is 0 Å². The number of halogens is 2. The van der Waals surface area contributed by atoms with Crippen molar-refractivity contribution in [3.63, 3.8) is 0 Å². The van der Waals surface area contributed by atoms with Gasteiger partial charge in [-0.2, -0.15) is 5.26 Å².